The molecule has 1 saturated carbocycles. The van der Waals surface area contributed by atoms with Gasteiger partial charge in [-0.2, -0.15) is 4.98 Å². The molecule has 9 nitrogen and oxygen atoms in total. The van der Waals surface area contributed by atoms with Gasteiger partial charge in [0.2, 0.25) is 5.95 Å². The van der Waals surface area contributed by atoms with Crippen molar-refractivity contribution in [2.75, 3.05) is 25.1 Å². The van der Waals surface area contributed by atoms with E-state index >= 15 is 0 Å². The standard InChI is InChI=1S/C25H31N7O2S/c1-17-3-2-10-32(17)14-18-11-27-22(28-12-18)31-24-29-13-21(35-24)20-6-9-26-23(30-20)34-19-4-7-25(8-5-19)15-33-16-25/h6,9,11-13,17,19H,2-5,7-8,10,14-16H2,1H3,(H,27,28,29,31)/t17-/m0/s1. The smallest absolute Gasteiger partial charge is 0.317 e. The van der Waals surface area contributed by atoms with Crippen LogP contribution in [0.4, 0.5) is 11.1 Å². The maximum atomic E-state index is 6.13. The van der Waals surface area contributed by atoms with E-state index in [1.165, 1.54) is 24.2 Å². The monoisotopic (exact) mass is 493 g/mol. The zero-order valence-corrected chi connectivity index (χ0v) is 20.8. The van der Waals surface area contributed by atoms with Crippen LogP contribution in [0.15, 0.2) is 30.9 Å². The van der Waals surface area contributed by atoms with Crippen molar-refractivity contribution >= 4 is 22.4 Å². The molecule has 0 radical (unpaired) electrons. The Morgan fingerprint density at radius 1 is 1.11 bits per heavy atom. The minimum absolute atomic E-state index is 0.170. The van der Waals surface area contributed by atoms with Gasteiger partial charge in [-0.25, -0.2) is 19.9 Å². The Morgan fingerprint density at radius 3 is 2.66 bits per heavy atom. The number of ether oxygens (including phenoxy) is 2. The number of nitrogens with zero attached hydrogens (tertiary/aromatic N) is 6. The summed E-state index contributed by atoms with van der Waals surface area (Å²) in [4.78, 5) is 25.9. The van der Waals surface area contributed by atoms with Crippen LogP contribution in [0.3, 0.4) is 0 Å². The van der Waals surface area contributed by atoms with Crippen molar-refractivity contribution in [3.05, 3.63) is 36.4 Å². The van der Waals surface area contributed by atoms with Gasteiger partial charge < -0.3 is 14.8 Å². The van der Waals surface area contributed by atoms with E-state index in [1.807, 2.05) is 24.7 Å². The molecule has 3 aliphatic rings. The number of likely N-dealkylation sites (tertiary alicyclic amines) is 1. The van der Waals surface area contributed by atoms with Crippen molar-refractivity contribution < 1.29 is 9.47 Å². The minimum Gasteiger partial charge on any atom is -0.460 e. The van der Waals surface area contributed by atoms with Crippen molar-refractivity contribution in [3.8, 4) is 16.6 Å². The fourth-order valence-corrected chi connectivity index (χ4v) is 5.97. The van der Waals surface area contributed by atoms with Gasteiger partial charge in [0, 0.05) is 48.4 Å². The van der Waals surface area contributed by atoms with Gasteiger partial charge in [0.1, 0.15) is 6.10 Å². The molecule has 0 bridgehead atoms. The Balaban J connectivity index is 1.06. The Labute approximate surface area is 209 Å². The fourth-order valence-electron chi connectivity index (χ4n) is 5.19. The van der Waals surface area contributed by atoms with Crippen LogP contribution in [0.1, 0.15) is 51.0 Å². The van der Waals surface area contributed by atoms with Crippen molar-refractivity contribution in [2.24, 2.45) is 5.41 Å². The van der Waals surface area contributed by atoms with Crippen molar-refractivity contribution in [1.29, 1.82) is 0 Å². The van der Waals surface area contributed by atoms with E-state index in [9.17, 15) is 0 Å². The first kappa shape index (κ1) is 22.8. The van der Waals surface area contributed by atoms with Crippen LogP contribution < -0.4 is 10.1 Å². The lowest BCUT2D eigenvalue weighted by Gasteiger charge is -2.45. The van der Waals surface area contributed by atoms with Crippen LogP contribution in [-0.2, 0) is 11.3 Å². The highest BCUT2D eigenvalue weighted by Gasteiger charge is 2.42. The summed E-state index contributed by atoms with van der Waals surface area (Å²) in [6.07, 6.45) is 14.4. The Kier molecular flexibility index (Phi) is 6.34. The molecule has 0 amide bonds. The van der Waals surface area contributed by atoms with Crippen LogP contribution in [0.25, 0.3) is 10.6 Å². The Morgan fingerprint density at radius 2 is 1.94 bits per heavy atom. The van der Waals surface area contributed by atoms with Crippen molar-refractivity contribution in [2.45, 2.75) is 64.1 Å². The molecule has 184 valence electrons. The van der Waals surface area contributed by atoms with Crippen molar-refractivity contribution in [1.82, 2.24) is 29.8 Å². The topological polar surface area (TPSA) is 98.2 Å². The first-order chi connectivity index (χ1) is 17.1. The maximum Gasteiger partial charge on any atom is 0.317 e. The highest BCUT2D eigenvalue weighted by molar-refractivity contribution is 7.18. The summed E-state index contributed by atoms with van der Waals surface area (Å²) in [5.41, 5.74) is 2.34. The molecule has 1 atom stereocenters. The van der Waals surface area contributed by atoms with E-state index in [0.717, 1.165) is 73.3 Å². The van der Waals surface area contributed by atoms with Gasteiger partial charge in [-0.15, -0.1) is 0 Å². The summed E-state index contributed by atoms with van der Waals surface area (Å²) in [5, 5.41) is 3.93. The Hall–Kier alpha value is -2.69. The lowest BCUT2D eigenvalue weighted by Crippen LogP contribution is -2.46. The summed E-state index contributed by atoms with van der Waals surface area (Å²) < 4.78 is 11.6. The number of rotatable bonds is 7. The average molecular weight is 494 g/mol. The summed E-state index contributed by atoms with van der Waals surface area (Å²) in [7, 11) is 0. The number of hydrogen-bond donors (Lipinski definition) is 1. The molecule has 3 aromatic heterocycles. The molecule has 0 aromatic carbocycles. The predicted octanol–water partition coefficient (Wildman–Crippen LogP) is 4.46. The molecule has 1 spiro atoms. The molecule has 10 heteroatoms. The van der Waals surface area contributed by atoms with E-state index in [1.54, 1.807) is 6.20 Å². The van der Waals surface area contributed by atoms with Crippen LogP contribution >= 0.6 is 11.3 Å². The summed E-state index contributed by atoms with van der Waals surface area (Å²) in [5.74, 6) is 0.544. The van der Waals surface area contributed by atoms with Crippen LogP contribution in [-0.4, -0.2) is 61.7 Å². The molecule has 0 unspecified atom stereocenters. The number of anilines is 2. The molecular formula is C25H31N7O2S. The highest BCUT2D eigenvalue weighted by Crippen LogP contribution is 2.43. The third-order valence-corrected chi connectivity index (χ3v) is 8.41. The molecule has 2 saturated heterocycles. The van der Waals surface area contributed by atoms with Crippen LogP contribution in [0.2, 0.25) is 0 Å². The zero-order valence-electron chi connectivity index (χ0n) is 20.0. The van der Waals surface area contributed by atoms with Crippen LogP contribution in [0.5, 0.6) is 6.01 Å². The molecule has 5 heterocycles. The van der Waals surface area contributed by atoms with Gasteiger partial charge in [-0.05, 0) is 58.1 Å². The molecule has 2 aliphatic heterocycles. The lowest BCUT2D eigenvalue weighted by atomic mass is 9.72. The molecule has 35 heavy (non-hydrogen) atoms. The number of thiazole rings is 1. The van der Waals surface area contributed by atoms with Crippen LogP contribution in [0, 0.1) is 5.41 Å². The maximum absolute atomic E-state index is 6.13. The molecule has 1 aliphatic carbocycles. The van der Waals surface area contributed by atoms with E-state index in [4.69, 9.17) is 9.47 Å². The fraction of sp³-hybridized carbons (Fsp3) is 0.560. The first-order valence-corrected chi connectivity index (χ1v) is 13.3. The first-order valence-electron chi connectivity index (χ1n) is 12.5. The third kappa shape index (κ3) is 5.14. The van der Waals surface area contributed by atoms with Gasteiger partial charge in [-0.1, -0.05) is 11.3 Å². The average Bonchev–Trinajstić information content (AvgIpc) is 3.49. The normalized spacial score (nSPS) is 22.3. The zero-order chi connectivity index (χ0) is 23.7. The molecule has 3 fully saturated rings. The third-order valence-electron chi connectivity index (χ3n) is 7.47. The number of hydrogen-bond acceptors (Lipinski definition) is 10. The highest BCUT2D eigenvalue weighted by atomic mass is 32.1. The predicted molar refractivity (Wildman–Crippen MR) is 134 cm³/mol. The van der Waals surface area contributed by atoms with Gasteiger partial charge in [0.05, 0.1) is 23.8 Å². The second kappa shape index (κ2) is 9.75. The SMILES string of the molecule is C[C@H]1CCCN1Cc1cnc(Nc2ncc(-c3ccnc(OC4CCC5(CC4)COC5)n3)s2)nc1. The lowest BCUT2D eigenvalue weighted by molar-refractivity contribution is -0.140. The quantitative estimate of drug-likeness (QED) is 0.511. The van der Waals surface area contributed by atoms with Gasteiger partial charge in [0.15, 0.2) is 5.13 Å². The van der Waals surface area contributed by atoms with Gasteiger partial charge in [-0.3, -0.25) is 4.90 Å². The number of aromatic nitrogens is 5. The Bertz CT molecular complexity index is 1140. The molecule has 1 N–H and O–H groups in total. The summed E-state index contributed by atoms with van der Waals surface area (Å²) in [6, 6.07) is 2.95. The second-order valence-corrected chi connectivity index (χ2v) is 11.1. The van der Waals surface area contributed by atoms with E-state index in [-0.39, 0.29) is 6.10 Å². The van der Waals surface area contributed by atoms with Gasteiger partial charge in [0.25, 0.3) is 0 Å². The van der Waals surface area contributed by atoms with Crippen molar-refractivity contribution in [3.63, 3.8) is 0 Å². The molecule has 6 rings (SSSR count). The number of nitrogens with one attached hydrogen (secondary N) is 1. The summed E-state index contributed by atoms with van der Waals surface area (Å²) in [6.45, 7) is 6.14. The van der Waals surface area contributed by atoms with E-state index in [2.05, 4.69) is 42.1 Å². The van der Waals surface area contributed by atoms with Gasteiger partial charge >= 0.3 is 6.01 Å². The van der Waals surface area contributed by atoms with E-state index in [0.29, 0.717) is 23.4 Å². The van der Waals surface area contributed by atoms with E-state index < -0.39 is 0 Å². The molecular weight excluding hydrogens is 462 g/mol. The second-order valence-electron chi connectivity index (χ2n) is 10.1. The molecule has 3 aromatic rings. The minimum atomic E-state index is 0.170. The summed E-state index contributed by atoms with van der Waals surface area (Å²) >= 11 is 1.51. The largest absolute Gasteiger partial charge is 0.460 e.